The number of hydrogen-bond donors (Lipinski definition) is 0. The molecule has 2 rings (SSSR count). The van der Waals surface area contributed by atoms with Gasteiger partial charge in [0.15, 0.2) is 0 Å². The number of anilines is 1. The van der Waals surface area contributed by atoms with Gasteiger partial charge >= 0.3 is 0 Å². The van der Waals surface area contributed by atoms with E-state index in [1.54, 1.807) is 18.3 Å². The third kappa shape index (κ3) is 4.53. The normalized spacial score (nSPS) is 11.3. The fraction of sp³-hybridized carbons (Fsp3) is 0.368. The number of aromatic nitrogens is 1. The predicted molar refractivity (Wildman–Crippen MR) is 93.0 cm³/mol. The van der Waals surface area contributed by atoms with E-state index in [2.05, 4.69) is 4.98 Å². The number of pyridine rings is 1. The largest absolute Gasteiger partial charge is 0.497 e. The second-order valence-electron chi connectivity index (χ2n) is 7.11. The van der Waals surface area contributed by atoms with Crippen LogP contribution in [0.15, 0.2) is 30.5 Å². The van der Waals surface area contributed by atoms with Crippen LogP contribution >= 0.6 is 0 Å². The first-order chi connectivity index (χ1) is 11.6. The molecule has 0 unspecified atom stereocenters. The quantitative estimate of drug-likeness (QED) is 0.824. The molecule has 1 heterocycles. The molecule has 0 radical (unpaired) electrons. The zero-order valence-corrected chi connectivity index (χ0v) is 15.1. The number of carbonyl (C=O) groups is 1. The first kappa shape index (κ1) is 18.8. The Bertz CT molecular complexity index is 745. The molecule has 25 heavy (non-hydrogen) atoms. The maximum absolute atomic E-state index is 14.3. The van der Waals surface area contributed by atoms with Gasteiger partial charge in [0.2, 0.25) is 0 Å². The van der Waals surface area contributed by atoms with Gasteiger partial charge in [-0.15, -0.1) is 0 Å². The average molecular weight is 348 g/mol. The van der Waals surface area contributed by atoms with E-state index in [0.717, 1.165) is 17.7 Å². The van der Waals surface area contributed by atoms with E-state index in [9.17, 15) is 13.6 Å². The Morgan fingerprint density at radius 3 is 2.24 bits per heavy atom. The molecule has 2 aromatic rings. The lowest BCUT2D eigenvalue weighted by Gasteiger charge is -2.29. The SMILES string of the molecule is COc1cc(F)c(C(=O)N(CC(C)(C)C)c2ccc(C)cn2)c(F)c1. The zero-order chi connectivity index (χ0) is 18.8. The summed E-state index contributed by atoms with van der Waals surface area (Å²) < 4.78 is 33.5. The van der Waals surface area contributed by atoms with Gasteiger partial charge < -0.3 is 4.74 Å². The van der Waals surface area contributed by atoms with E-state index in [0.29, 0.717) is 5.82 Å². The number of ether oxygens (including phenoxy) is 1. The first-order valence-corrected chi connectivity index (χ1v) is 7.90. The van der Waals surface area contributed by atoms with Crippen LogP contribution in [-0.2, 0) is 0 Å². The van der Waals surface area contributed by atoms with Crippen LogP contribution in [0.2, 0.25) is 0 Å². The Morgan fingerprint density at radius 2 is 1.80 bits per heavy atom. The number of benzene rings is 1. The average Bonchev–Trinajstić information content (AvgIpc) is 2.51. The lowest BCUT2D eigenvalue weighted by Crippen LogP contribution is -2.39. The molecule has 0 aliphatic carbocycles. The molecule has 4 nitrogen and oxygen atoms in total. The van der Waals surface area contributed by atoms with Crippen molar-refractivity contribution in [3.8, 4) is 5.75 Å². The van der Waals surface area contributed by atoms with Crippen molar-refractivity contribution in [2.45, 2.75) is 27.7 Å². The molecule has 6 heteroatoms. The van der Waals surface area contributed by atoms with Crippen LogP contribution in [0.5, 0.6) is 5.75 Å². The summed E-state index contributed by atoms with van der Waals surface area (Å²) in [4.78, 5) is 18.5. The Morgan fingerprint density at radius 1 is 1.20 bits per heavy atom. The topological polar surface area (TPSA) is 42.4 Å². The minimum Gasteiger partial charge on any atom is -0.497 e. The molecule has 0 spiro atoms. The summed E-state index contributed by atoms with van der Waals surface area (Å²) in [6.07, 6.45) is 1.61. The van der Waals surface area contributed by atoms with E-state index in [1.807, 2.05) is 27.7 Å². The molecule has 0 aliphatic heterocycles. The van der Waals surface area contributed by atoms with E-state index >= 15 is 0 Å². The third-order valence-electron chi connectivity index (χ3n) is 3.52. The highest BCUT2D eigenvalue weighted by atomic mass is 19.1. The Balaban J connectivity index is 2.50. The second-order valence-corrected chi connectivity index (χ2v) is 7.11. The van der Waals surface area contributed by atoms with Crippen molar-refractivity contribution < 1.29 is 18.3 Å². The van der Waals surface area contributed by atoms with E-state index < -0.39 is 23.1 Å². The summed E-state index contributed by atoms with van der Waals surface area (Å²) in [7, 11) is 1.30. The Labute approximate surface area is 146 Å². The smallest absolute Gasteiger partial charge is 0.265 e. The van der Waals surface area contributed by atoms with Crippen molar-refractivity contribution in [1.82, 2.24) is 4.98 Å². The molecule has 0 atom stereocenters. The lowest BCUT2D eigenvalue weighted by atomic mass is 9.95. The van der Waals surface area contributed by atoms with E-state index in [1.165, 1.54) is 12.0 Å². The van der Waals surface area contributed by atoms with Crippen molar-refractivity contribution in [1.29, 1.82) is 0 Å². The van der Waals surface area contributed by atoms with Gasteiger partial charge in [-0.05, 0) is 24.0 Å². The fourth-order valence-corrected chi connectivity index (χ4v) is 2.36. The van der Waals surface area contributed by atoms with Crippen LogP contribution in [0, 0.1) is 24.0 Å². The maximum Gasteiger partial charge on any atom is 0.265 e. The summed E-state index contributed by atoms with van der Waals surface area (Å²) in [6, 6.07) is 5.45. The highest BCUT2D eigenvalue weighted by Crippen LogP contribution is 2.26. The van der Waals surface area contributed by atoms with Crippen molar-refractivity contribution in [3.63, 3.8) is 0 Å². The zero-order valence-electron chi connectivity index (χ0n) is 15.1. The van der Waals surface area contributed by atoms with Gasteiger partial charge in [-0.25, -0.2) is 13.8 Å². The van der Waals surface area contributed by atoms with Gasteiger partial charge in [-0.3, -0.25) is 9.69 Å². The van der Waals surface area contributed by atoms with Gasteiger partial charge in [0, 0.05) is 24.9 Å². The Hall–Kier alpha value is -2.50. The number of carbonyl (C=O) groups excluding carboxylic acids is 1. The summed E-state index contributed by atoms with van der Waals surface area (Å²) in [6.45, 7) is 7.93. The van der Waals surface area contributed by atoms with Gasteiger partial charge in [0.25, 0.3) is 5.91 Å². The standard InChI is InChI=1S/C19H22F2N2O2/c1-12-6-7-16(22-10-12)23(11-19(2,3)4)18(24)17-14(20)8-13(25-5)9-15(17)21/h6-10H,11H2,1-5H3. The molecular formula is C19H22F2N2O2. The summed E-state index contributed by atoms with van der Waals surface area (Å²) in [5.74, 6) is -2.34. The molecule has 1 aromatic heterocycles. The van der Waals surface area contributed by atoms with Crippen molar-refractivity contribution in [2.24, 2.45) is 5.41 Å². The van der Waals surface area contributed by atoms with Crippen LogP contribution in [0.25, 0.3) is 0 Å². The number of nitrogens with zero attached hydrogens (tertiary/aromatic N) is 2. The van der Waals surface area contributed by atoms with Crippen molar-refractivity contribution >= 4 is 11.7 Å². The molecule has 0 saturated heterocycles. The number of halogens is 2. The van der Waals surface area contributed by atoms with Crippen molar-refractivity contribution in [3.05, 3.63) is 53.2 Å². The number of amides is 1. The van der Waals surface area contributed by atoms with Gasteiger partial charge in [-0.2, -0.15) is 0 Å². The highest BCUT2D eigenvalue weighted by Gasteiger charge is 2.29. The first-order valence-electron chi connectivity index (χ1n) is 7.90. The maximum atomic E-state index is 14.3. The van der Waals surface area contributed by atoms with E-state index in [-0.39, 0.29) is 17.7 Å². The van der Waals surface area contributed by atoms with Gasteiger partial charge in [0.05, 0.1) is 7.11 Å². The van der Waals surface area contributed by atoms with Gasteiger partial charge in [-0.1, -0.05) is 26.8 Å². The van der Waals surface area contributed by atoms with E-state index in [4.69, 9.17) is 4.74 Å². The monoisotopic (exact) mass is 348 g/mol. The molecule has 0 saturated carbocycles. The molecular weight excluding hydrogens is 326 g/mol. The predicted octanol–water partition coefficient (Wildman–Crippen LogP) is 4.37. The molecule has 1 aromatic carbocycles. The number of aryl methyl sites for hydroxylation is 1. The van der Waals surface area contributed by atoms with Crippen LogP contribution in [0.3, 0.4) is 0 Å². The molecule has 1 amide bonds. The van der Waals surface area contributed by atoms with Gasteiger partial charge in [0.1, 0.15) is 28.8 Å². The highest BCUT2D eigenvalue weighted by molar-refractivity contribution is 6.06. The molecule has 0 bridgehead atoms. The second kappa shape index (κ2) is 7.17. The number of hydrogen-bond acceptors (Lipinski definition) is 3. The fourth-order valence-electron chi connectivity index (χ4n) is 2.36. The molecule has 0 aliphatic rings. The molecule has 0 N–H and O–H groups in total. The van der Waals surface area contributed by atoms with Crippen molar-refractivity contribution in [2.75, 3.05) is 18.6 Å². The third-order valence-corrected chi connectivity index (χ3v) is 3.52. The summed E-state index contributed by atoms with van der Waals surface area (Å²) in [5, 5.41) is 0. The minimum atomic E-state index is -0.965. The number of methoxy groups -OCH3 is 1. The van der Waals surface area contributed by atoms with Crippen LogP contribution in [0.4, 0.5) is 14.6 Å². The van der Waals surface area contributed by atoms with Crippen LogP contribution in [-0.4, -0.2) is 24.5 Å². The minimum absolute atomic E-state index is 0.0161. The molecule has 0 fully saturated rings. The Kier molecular flexibility index (Phi) is 5.40. The lowest BCUT2D eigenvalue weighted by molar-refractivity contribution is 0.0968. The molecule has 134 valence electrons. The van der Waals surface area contributed by atoms with Crippen LogP contribution in [0.1, 0.15) is 36.7 Å². The summed E-state index contributed by atoms with van der Waals surface area (Å²) >= 11 is 0. The summed E-state index contributed by atoms with van der Waals surface area (Å²) in [5.41, 5.74) is 0.0166. The van der Waals surface area contributed by atoms with Crippen LogP contribution < -0.4 is 9.64 Å². The number of rotatable bonds is 4.